The van der Waals surface area contributed by atoms with Gasteiger partial charge in [0.05, 0.1) is 12.2 Å². The predicted octanol–water partition coefficient (Wildman–Crippen LogP) is 5.00. The number of rotatable bonds is 8. The number of aliphatic hydroxyl groups excluding tert-OH is 1. The molecule has 1 aliphatic heterocycles. The minimum absolute atomic E-state index is 0.0221. The number of allylic oxidation sites excluding steroid dienone is 4. The second kappa shape index (κ2) is 9.61. The van der Waals surface area contributed by atoms with E-state index in [0.717, 1.165) is 25.8 Å². The SMILES string of the molecule is CCCCOc1ccc(/C=C/C(=O)c2c(O)c(C)c(O)c3c2OC2=CC(O)=C(C(C)=O)C(=O)[C@]23C)cc1. The Morgan fingerprint density at radius 1 is 1.11 bits per heavy atom. The number of phenolic OH excluding ortho intramolecular Hbond substituents is 2. The van der Waals surface area contributed by atoms with Crippen LogP contribution in [0.15, 0.2) is 53.5 Å². The monoisotopic (exact) mass is 504 g/mol. The maximum atomic E-state index is 13.4. The lowest BCUT2D eigenvalue weighted by Crippen LogP contribution is -2.38. The molecule has 8 heteroatoms. The summed E-state index contributed by atoms with van der Waals surface area (Å²) in [4.78, 5) is 38.7. The van der Waals surface area contributed by atoms with Gasteiger partial charge in [-0.3, -0.25) is 14.4 Å². The van der Waals surface area contributed by atoms with Gasteiger partial charge in [0.1, 0.15) is 51.1 Å². The van der Waals surface area contributed by atoms with Crippen LogP contribution in [0.2, 0.25) is 0 Å². The zero-order valence-corrected chi connectivity index (χ0v) is 21.0. The van der Waals surface area contributed by atoms with Crippen molar-refractivity contribution in [3.05, 3.63) is 75.8 Å². The van der Waals surface area contributed by atoms with Crippen LogP contribution < -0.4 is 9.47 Å². The third-order valence-corrected chi connectivity index (χ3v) is 6.72. The Labute approximate surface area is 214 Å². The van der Waals surface area contributed by atoms with Crippen LogP contribution in [0, 0.1) is 6.92 Å². The molecule has 8 nitrogen and oxygen atoms in total. The number of phenols is 2. The van der Waals surface area contributed by atoms with E-state index in [2.05, 4.69) is 6.92 Å². The van der Waals surface area contributed by atoms with Gasteiger partial charge in [0.2, 0.25) is 0 Å². The van der Waals surface area contributed by atoms with E-state index in [1.54, 1.807) is 30.3 Å². The van der Waals surface area contributed by atoms with Gasteiger partial charge < -0.3 is 24.8 Å². The van der Waals surface area contributed by atoms with Crippen molar-refractivity contribution in [3.8, 4) is 23.0 Å². The van der Waals surface area contributed by atoms with Crippen molar-refractivity contribution in [2.45, 2.75) is 46.0 Å². The molecule has 0 aromatic heterocycles. The highest BCUT2D eigenvalue weighted by Gasteiger charge is 2.55. The fourth-order valence-electron chi connectivity index (χ4n) is 4.52. The minimum atomic E-state index is -1.67. The van der Waals surface area contributed by atoms with E-state index in [-0.39, 0.29) is 28.2 Å². The first-order chi connectivity index (χ1) is 17.5. The number of aromatic hydroxyl groups is 2. The Hall–Kier alpha value is -4.33. The van der Waals surface area contributed by atoms with Crippen LogP contribution in [0.4, 0.5) is 0 Å². The van der Waals surface area contributed by atoms with Crippen molar-refractivity contribution in [3.63, 3.8) is 0 Å². The number of ether oxygens (including phenoxy) is 2. The number of carbonyl (C=O) groups excluding carboxylic acids is 3. The molecule has 0 fully saturated rings. The molecule has 0 saturated heterocycles. The molecule has 2 aromatic carbocycles. The van der Waals surface area contributed by atoms with Crippen LogP contribution >= 0.6 is 0 Å². The largest absolute Gasteiger partial charge is 0.507 e. The van der Waals surface area contributed by atoms with Crippen molar-refractivity contribution in [1.29, 1.82) is 0 Å². The second-order valence-electron chi connectivity index (χ2n) is 9.25. The van der Waals surface area contributed by atoms with Gasteiger partial charge in [-0.15, -0.1) is 0 Å². The Kier molecular flexibility index (Phi) is 6.69. The molecule has 0 amide bonds. The first kappa shape index (κ1) is 25.8. The molecule has 1 aliphatic carbocycles. The van der Waals surface area contributed by atoms with Crippen molar-refractivity contribution in [1.82, 2.24) is 0 Å². The van der Waals surface area contributed by atoms with Gasteiger partial charge in [-0.1, -0.05) is 31.6 Å². The van der Waals surface area contributed by atoms with E-state index in [9.17, 15) is 29.7 Å². The number of unbranched alkanes of at least 4 members (excludes halogenated alkanes) is 1. The van der Waals surface area contributed by atoms with Crippen molar-refractivity contribution >= 4 is 23.4 Å². The second-order valence-corrected chi connectivity index (χ2v) is 9.25. The zero-order valence-electron chi connectivity index (χ0n) is 21.0. The smallest absolute Gasteiger partial charge is 0.193 e. The van der Waals surface area contributed by atoms with Gasteiger partial charge >= 0.3 is 0 Å². The molecule has 3 N–H and O–H groups in total. The summed E-state index contributed by atoms with van der Waals surface area (Å²) in [6.07, 6.45) is 5.91. The number of fused-ring (bicyclic) bond motifs is 3. The summed E-state index contributed by atoms with van der Waals surface area (Å²) in [5, 5.41) is 32.0. The average molecular weight is 505 g/mol. The Morgan fingerprint density at radius 2 is 1.78 bits per heavy atom. The molecule has 0 radical (unpaired) electrons. The third-order valence-electron chi connectivity index (χ3n) is 6.72. The molecule has 0 spiro atoms. The average Bonchev–Trinajstić information content (AvgIpc) is 3.15. The lowest BCUT2D eigenvalue weighted by atomic mass is 9.71. The van der Waals surface area contributed by atoms with E-state index in [0.29, 0.717) is 17.9 Å². The quantitative estimate of drug-likeness (QED) is 0.198. The van der Waals surface area contributed by atoms with Crippen LogP contribution in [0.3, 0.4) is 0 Å². The number of hydrogen-bond acceptors (Lipinski definition) is 8. The maximum Gasteiger partial charge on any atom is 0.193 e. The summed E-state index contributed by atoms with van der Waals surface area (Å²) in [7, 11) is 0. The summed E-state index contributed by atoms with van der Waals surface area (Å²) in [5.41, 5.74) is -1.70. The first-order valence-corrected chi connectivity index (χ1v) is 12.0. The molecule has 2 aliphatic rings. The molecule has 0 bridgehead atoms. The molecule has 192 valence electrons. The lowest BCUT2D eigenvalue weighted by Gasteiger charge is -2.28. The standard InChI is InChI=1S/C29H28O8/c1-5-6-13-36-18-10-7-17(8-11-18)9-12-19(31)23-25(33)15(2)26(34)24-27(23)37-21-14-20(32)22(16(3)30)28(35)29(21,24)4/h7-12,14,32-34H,5-6,13H2,1-4H3/b12-9+/t29-/m1/s1. The normalized spacial score (nSPS) is 18.4. The molecule has 1 atom stereocenters. The van der Waals surface area contributed by atoms with E-state index in [1.807, 2.05) is 0 Å². The van der Waals surface area contributed by atoms with Gasteiger partial charge in [0, 0.05) is 11.6 Å². The predicted molar refractivity (Wildman–Crippen MR) is 136 cm³/mol. The third kappa shape index (κ3) is 4.18. The fraction of sp³-hybridized carbons (Fsp3) is 0.276. The zero-order chi connectivity index (χ0) is 27.1. The number of hydrogen-bond donors (Lipinski definition) is 3. The Morgan fingerprint density at radius 3 is 2.41 bits per heavy atom. The van der Waals surface area contributed by atoms with Gasteiger partial charge in [-0.25, -0.2) is 0 Å². The van der Waals surface area contributed by atoms with E-state index < -0.39 is 45.6 Å². The van der Waals surface area contributed by atoms with Gasteiger partial charge in [0.15, 0.2) is 17.3 Å². The topological polar surface area (TPSA) is 130 Å². The molecular formula is C29H28O8. The number of Topliss-reactive ketones (excluding diaryl/α,β-unsaturated/α-hetero) is 2. The summed E-state index contributed by atoms with van der Waals surface area (Å²) in [6.45, 7) is 6.68. The van der Waals surface area contributed by atoms with Crippen LogP contribution in [0.1, 0.15) is 60.7 Å². The summed E-state index contributed by atoms with van der Waals surface area (Å²) >= 11 is 0. The molecule has 37 heavy (non-hydrogen) atoms. The highest BCUT2D eigenvalue weighted by Crippen LogP contribution is 2.57. The Bertz CT molecular complexity index is 1410. The van der Waals surface area contributed by atoms with E-state index in [1.165, 1.54) is 19.9 Å². The number of carbonyl (C=O) groups is 3. The number of ketones is 3. The molecular weight excluding hydrogens is 476 g/mol. The van der Waals surface area contributed by atoms with Crippen LogP contribution in [-0.4, -0.2) is 39.3 Å². The highest BCUT2D eigenvalue weighted by atomic mass is 16.5. The van der Waals surface area contributed by atoms with Crippen LogP contribution in [0.5, 0.6) is 23.0 Å². The molecule has 4 rings (SSSR count). The summed E-state index contributed by atoms with van der Waals surface area (Å²) in [5.74, 6) is -3.09. The van der Waals surface area contributed by atoms with Gasteiger partial charge in [-0.05, 0) is 51.0 Å². The van der Waals surface area contributed by atoms with Gasteiger partial charge in [0.25, 0.3) is 0 Å². The van der Waals surface area contributed by atoms with Crippen LogP contribution in [-0.2, 0) is 15.0 Å². The van der Waals surface area contributed by atoms with Gasteiger partial charge in [-0.2, -0.15) is 0 Å². The van der Waals surface area contributed by atoms with E-state index >= 15 is 0 Å². The Balaban J connectivity index is 1.72. The number of aliphatic hydroxyl groups is 1. The van der Waals surface area contributed by atoms with Crippen molar-refractivity contribution in [2.24, 2.45) is 0 Å². The minimum Gasteiger partial charge on any atom is -0.507 e. The molecule has 1 heterocycles. The molecule has 0 saturated carbocycles. The lowest BCUT2D eigenvalue weighted by molar-refractivity contribution is -0.123. The highest BCUT2D eigenvalue weighted by molar-refractivity contribution is 6.26. The van der Waals surface area contributed by atoms with E-state index in [4.69, 9.17) is 9.47 Å². The summed E-state index contributed by atoms with van der Waals surface area (Å²) < 4.78 is 11.5. The summed E-state index contributed by atoms with van der Waals surface area (Å²) in [6, 6.07) is 7.15. The first-order valence-electron chi connectivity index (χ1n) is 12.0. The van der Waals surface area contributed by atoms with Crippen molar-refractivity contribution in [2.75, 3.05) is 6.61 Å². The molecule has 2 aromatic rings. The van der Waals surface area contributed by atoms with Crippen molar-refractivity contribution < 1.29 is 39.2 Å². The maximum absolute atomic E-state index is 13.4. The molecule has 0 unspecified atom stereocenters. The number of benzene rings is 2. The fourth-order valence-corrected chi connectivity index (χ4v) is 4.52. The van der Waals surface area contributed by atoms with Crippen LogP contribution in [0.25, 0.3) is 6.08 Å².